The summed E-state index contributed by atoms with van der Waals surface area (Å²) in [5.41, 5.74) is 8.14. The van der Waals surface area contributed by atoms with Crippen molar-refractivity contribution in [1.29, 1.82) is 0 Å². The molecule has 5 nitrogen and oxygen atoms in total. The van der Waals surface area contributed by atoms with Crippen LogP contribution in [-0.4, -0.2) is 20.1 Å². The van der Waals surface area contributed by atoms with Gasteiger partial charge in [0.2, 0.25) is 0 Å². The summed E-state index contributed by atoms with van der Waals surface area (Å²) in [5.74, 6) is -0.144. The zero-order valence-electron chi connectivity index (χ0n) is 19.8. The fourth-order valence-corrected chi connectivity index (χ4v) is 3.71. The minimum atomic E-state index is -1.82. The lowest BCUT2D eigenvalue weighted by Gasteiger charge is -2.48. The summed E-state index contributed by atoms with van der Waals surface area (Å²) in [6.45, 7) is 15.9. The Labute approximate surface area is 187 Å². The summed E-state index contributed by atoms with van der Waals surface area (Å²) in [7, 11) is -1.82. The van der Waals surface area contributed by atoms with E-state index in [0.29, 0.717) is 23.7 Å². The first-order chi connectivity index (χ1) is 14.4. The Hall–Kier alpha value is -2.44. The Kier molecular flexibility index (Phi) is 8.20. The molecule has 2 N–H and O–H groups in total. The van der Waals surface area contributed by atoms with Gasteiger partial charge in [0, 0.05) is 17.7 Å². The lowest BCUT2D eigenvalue weighted by atomic mass is 10.0. The lowest BCUT2D eigenvalue weighted by Crippen LogP contribution is -2.41. The summed E-state index contributed by atoms with van der Waals surface area (Å²) >= 11 is 0. The molecule has 0 saturated heterocycles. The maximum absolute atomic E-state index is 12.4. The third-order valence-corrected chi connectivity index (χ3v) is 10.3. The van der Waals surface area contributed by atoms with Gasteiger partial charge >= 0.3 is 0 Å². The van der Waals surface area contributed by atoms with Crippen LogP contribution in [-0.2, 0) is 17.5 Å². The first kappa shape index (κ1) is 24.8. The molecule has 0 fully saturated rings. The molecular formula is C25H36N2O3Si-. The van der Waals surface area contributed by atoms with Crippen LogP contribution in [0.15, 0.2) is 48.5 Å². The summed E-state index contributed by atoms with van der Waals surface area (Å²) in [4.78, 5) is 24.7. The van der Waals surface area contributed by atoms with Gasteiger partial charge in [-0.15, -0.1) is 18.1 Å². The fraction of sp³-hybridized carbons (Fsp3) is 0.440. The Morgan fingerprint density at radius 3 is 1.65 bits per heavy atom. The number of amides is 2. The van der Waals surface area contributed by atoms with E-state index in [2.05, 4.69) is 58.6 Å². The monoisotopic (exact) mass is 440 g/mol. The molecule has 0 aliphatic heterocycles. The molecule has 0 saturated carbocycles. The van der Waals surface area contributed by atoms with E-state index in [1.807, 2.05) is 24.3 Å². The van der Waals surface area contributed by atoms with Gasteiger partial charge in [-0.2, -0.15) is 0 Å². The molecule has 0 atom stereocenters. The molecule has 0 aliphatic rings. The summed E-state index contributed by atoms with van der Waals surface area (Å²) in [5, 5.41) is 0.153. The molecule has 0 aromatic heterocycles. The van der Waals surface area contributed by atoms with Crippen LogP contribution in [0.4, 0.5) is 0 Å². The van der Waals surface area contributed by atoms with Gasteiger partial charge in [-0.25, -0.2) is 0 Å². The van der Waals surface area contributed by atoms with Crippen LogP contribution < -0.4 is 10.9 Å². The third kappa shape index (κ3) is 7.33. The van der Waals surface area contributed by atoms with Crippen LogP contribution in [0.2, 0.25) is 18.1 Å². The van der Waals surface area contributed by atoms with Gasteiger partial charge in [-0.05, 0) is 56.0 Å². The maximum Gasteiger partial charge on any atom is 0.269 e. The Balaban J connectivity index is 1.87. The van der Waals surface area contributed by atoms with Crippen molar-refractivity contribution in [2.24, 2.45) is 5.92 Å². The van der Waals surface area contributed by atoms with Gasteiger partial charge in [0.05, 0.1) is 0 Å². The van der Waals surface area contributed by atoms with Crippen LogP contribution in [0.1, 0.15) is 66.5 Å². The molecular weight excluding hydrogens is 404 g/mol. The van der Waals surface area contributed by atoms with E-state index >= 15 is 0 Å². The van der Waals surface area contributed by atoms with Crippen LogP contribution in [0, 0.1) is 5.92 Å². The number of nitrogens with one attached hydrogen (secondary N) is 2. The minimum Gasteiger partial charge on any atom is -0.561 e. The number of hydrogen-bond donors (Lipinski definition) is 2. The van der Waals surface area contributed by atoms with Crippen molar-refractivity contribution < 1.29 is 14.0 Å². The largest absolute Gasteiger partial charge is 0.561 e. The second-order valence-corrected chi connectivity index (χ2v) is 14.8. The molecule has 31 heavy (non-hydrogen) atoms. The smallest absolute Gasteiger partial charge is 0.269 e. The van der Waals surface area contributed by atoms with Crippen LogP contribution in [0.5, 0.6) is 0 Å². The van der Waals surface area contributed by atoms with Crippen LogP contribution in [0.25, 0.3) is 0 Å². The van der Waals surface area contributed by atoms with E-state index in [0.717, 1.165) is 12.0 Å². The molecule has 2 rings (SSSR count). The molecule has 0 aliphatic carbocycles. The van der Waals surface area contributed by atoms with Crippen LogP contribution >= 0.6 is 0 Å². The highest BCUT2D eigenvalue weighted by atomic mass is 28.4. The van der Waals surface area contributed by atoms with Crippen molar-refractivity contribution in [3.63, 3.8) is 0 Å². The molecule has 0 bridgehead atoms. The SMILES string of the molecule is CC(C)Cc1ccc(C(=O)NNC(=O)c2ccc(CO[Si-](C)(C)C(C)(C)C)cc2)cc1. The van der Waals surface area contributed by atoms with Gasteiger partial charge in [-0.1, -0.05) is 58.9 Å². The second-order valence-electron chi connectivity index (χ2n) is 9.95. The van der Waals surface area contributed by atoms with Crippen molar-refractivity contribution in [2.45, 2.75) is 65.8 Å². The Bertz CT molecular complexity index is 882. The highest BCUT2D eigenvalue weighted by Gasteiger charge is 2.24. The molecule has 0 radical (unpaired) electrons. The van der Waals surface area contributed by atoms with E-state index in [9.17, 15) is 9.59 Å². The van der Waals surface area contributed by atoms with Crippen molar-refractivity contribution in [2.75, 3.05) is 0 Å². The van der Waals surface area contributed by atoms with Gasteiger partial charge in [-0.3, -0.25) is 20.4 Å². The highest BCUT2D eigenvalue weighted by molar-refractivity contribution is 6.74. The predicted octanol–water partition coefficient (Wildman–Crippen LogP) is 5.48. The molecule has 0 spiro atoms. The Morgan fingerprint density at radius 1 is 0.839 bits per heavy atom. The quantitative estimate of drug-likeness (QED) is 0.442. The predicted molar refractivity (Wildman–Crippen MR) is 128 cm³/mol. The Morgan fingerprint density at radius 2 is 1.26 bits per heavy atom. The topological polar surface area (TPSA) is 67.4 Å². The highest BCUT2D eigenvalue weighted by Crippen LogP contribution is 2.37. The number of benzene rings is 2. The average Bonchev–Trinajstić information content (AvgIpc) is 2.70. The molecule has 0 heterocycles. The summed E-state index contributed by atoms with van der Waals surface area (Å²) < 4.78 is 6.22. The number of rotatable bonds is 7. The molecule has 2 aromatic carbocycles. The normalized spacial score (nSPS) is 12.0. The van der Waals surface area contributed by atoms with Gasteiger partial charge in [0.25, 0.3) is 11.8 Å². The number of hydrazine groups is 1. The fourth-order valence-electron chi connectivity index (χ4n) is 2.75. The number of carbonyl (C=O) groups excluding carboxylic acids is 2. The standard InChI is InChI=1S/C25H36N2O3Si/c1-18(2)16-19-8-12-21(13-9-19)23(28)26-27-24(29)22-14-10-20(11-15-22)17-30-31(6,7)25(3,4)5/h8-15,18H,16-17H2,1-7H3,(H,26,28)(H,27,29)/q-1. The summed E-state index contributed by atoms with van der Waals surface area (Å²) in [6, 6.07) is 14.7. The van der Waals surface area contributed by atoms with E-state index in [1.54, 1.807) is 24.3 Å². The molecule has 2 aromatic rings. The second kappa shape index (κ2) is 10.2. The summed E-state index contributed by atoms with van der Waals surface area (Å²) in [6.07, 6.45) is 0.968. The van der Waals surface area contributed by atoms with Gasteiger partial charge in [0.1, 0.15) is 0 Å². The van der Waals surface area contributed by atoms with E-state index in [1.165, 1.54) is 5.56 Å². The molecule has 0 unspecified atom stereocenters. The molecule has 2 amide bonds. The molecule has 169 valence electrons. The van der Waals surface area contributed by atoms with E-state index < -0.39 is 8.32 Å². The zero-order valence-corrected chi connectivity index (χ0v) is 20.8. The lowest BCUT2D eigenvalue weighted by molar-refractivity contribution is 0.0846. The maximum atomic E-state index is 12.4. The van der Waals surface area contributed by atoms with E-state index in [4.69, 9.17) is 4.43 Å². The van der Waals surface area contributed by atoms with Crippen molar-refractivity contribution in [1.82, 2.24) is 10.9 Å². The van der Waals surface area contributed by atoms with E-state index in [-0.39, 0.29) is 16.9 Å². The zero-order chi connectivity index (χ0) is 23.2. The average molecular weight is 441 g/mol. The number of hydrogen-bond acceptors (Lipinski definition) is 3. The third-order valence-electron chi connectivity index (χ3n) is 5.77. The van der Waals surface area contributed by atoms with Crippen molar-refractivity contribution in [3.8, 4) is 0 Å². The van der Waals surface area contributed by atoms with Gasteiger partial charge in [0.15, 0.2) is 0 Å². The van der Waals surface area contributed by atoms with Crippen LogP contribution in [0.3, 0.4) is 0 Å². The van der Waals surface area contributed by atoms with Crippen molar-refractivity contribution >= 4 is 20.1 Å². The number of carbonyl (C=O) groups is 2. The first-order valence-corrected chi connectivity index (χ1v) is 13.7. The first-order valence-electron chi connectivity index (χ1n) is 10.8. The molecule has 6 heteroatoms. The van der Waals surface area contributed by atoms with Crippen molar-refractivity contribution in [3.05, 3.63) is 70.8 Å². The van der Waals surface area contributed by atoms with Gasteiger partial charge < -0.3 is 4.43 Å². The minimum absolute atomic E-state index is 0.153.